The van der Waals surface area contributed by atoms with Gasteiger partial charge in [0.2, 0.25) is 0 Å². The molecule has 0 atom stereocenters. The normalized spacial score (nSPS) is 11.4. The van der Waals surface area contributed by atoms with Crippen molar-refractivity contribution in [2.75, 3.05) is 9.80 Å². The molecule has 11 rings (SSSR count). The second kappa shape index (κ2) is 14.8. The first-order valence-electron chi connectivity index (χ1n) is 20.6. The van der Waals surface area contributed by atoms with Crippen LogP contribution < -0.4 is 9.80 Å². The number of nitrogens with zero attached hydrogens (tertiary/aromatic N) is 3. The molecule has 0 bridgehead atoms. The van der Waals surface area contributed by atoms with Crippen LogP contribution in [0.5, 0.6) is 0 Å². The molecule has 3 nitrogen and oxygen atoms in total. The van der Waals surface area contributed by atoms with Crippen LogP contribution in [0.4, 0.5) is 34.1 Å². The molecule has 0 unspecified atom stereocenters. The zero-order valence-corrected chi connectivity index (χ0v) is 33.3. The van der Waals surface area contributed by atoms with E-state index < -0.39 is 0 Å². The van der Waals surface area contributed by atoms with Crippen LogP contribution in [-0.2, 0) is 0 Å². The van der Waals surface area contributed by atoms with Crippen LogP contribution in [0.1, 0.15) is 5.56 Å². The SMILES string of the molecule is Cc1ccc(-c2c3ccccc3c(-n3c4ccc(N(c5ccccc5)c5ccccc5)cc4c4cc(N(c5ccccc5)c5ccccc5)ccc43)c3ccccc23)cc1. The lowest BCUT2D eigenvalue weighted by Gasteiger charge is -2.26. The van der Waals surface area contributed by atoms with E-state index in [1.807, 2.05) is 0 Å². The molecule has 0 aliphatic rings. The summed E-state index contributed by atoms with van der Waals surface area (Å²) >= 11 is 0. The number of hydrogen-bond donors (Lipinski definition) is 0. The maximum atomic E-state index is 2.52. The van der Waals surface area contributed by atoms with E-state index in [4.69, 9.17) is 0 Å². The summed E-state index contributed by atoms with van der Waals surface area (Å²) in [5.74, 6) is 0. The number of anilines is 6. The molecule has 0 amide bonds. The summed E-state index contributed by atoms with van der Waals surface area (Å²) in [5.41, 5.74) is 13.8. The molecule has 0 spiro atoms. The number of aromatic nitrogens is 1. The maximum absolute atomic E-state index is 2.52. The van der Waals surface area contributed by atoms with Crippen molar-refractivity contribution in [2.24, 2.45) is 0 Å². The van der Waals surface area contributed by atoms with E-state index in [1.165, 1.54) is 54.7 Å². The number of rotatable bonds is 8. The maximum Gasteiger partial charge on any atom is 0.0619 e. The lowest BCUT2D eigenvalue weighted by atomic mass is 9.90. The van der Waals surface area contributed by atoms with Crippen molar-refractivity contribution in [1.82, 2.24) is 4.57 Å². The van der Waals surface area contributed by atoms with E-state index >= 15 is 0 Å². The van der Waals surface area contributed by atoms with Crippen LogP contribution in [0, 0.1) is 6.92 Å². The van der Waals surface area contributed by atoms with Gasteiger partial charge in [0.15, 0.2) is 0 Å². The van der Waals surface area contributed by atoms with E-state index in [0.717, 1.165) is 45.2 Å². The molecule has 0 fully saturated rings. The van der Waals surface area contributed by atoms with Crippen LogP contribution >= 0.6 is 0 Å². The molecule has 11 aromatic rings. The van der Waals surface area contributed by atoms with Crippen molar-refractivity contribution < 1.29 is 0 Å². The zero-order valence-electron chi connectivity index (χ0n) is 33.3. The summed E-state index contributed by atoms with van der Waals surface area (Å²) in [6.45, 7) is 2.15. The topological polar surface area (TPSA) is 11.4 Å². The Bertz CT molecular complexity index is 3020. The third-order valence-corrected chi connectivity index (χ3v) is 11.8. The second-order valence-corrected chi connectivity index (χ2v) is 15.4. The summed E-state index contributed by atoms with van der Waals surface area (Å²) in [7, 11) is 0. The van der Waals surface area contributed by atoms with Gasteiger partial charge in [-0.1, -0.05) is 151 Å². The Balaban J connectivity index is 1.24. The number of benzene rings is 10. The summed E-state index contributed by atoms with van der Waals surface area (Å²) < 4.78 is 2.52. The van der Waals surface area contributed by atoms with E-state index in [9.17, 15) is 0 Å². The van der Waals surface area contributed by atoms with Crippen molar-refractivity contribution in [2.45, 2.75) is 6.92 Å². The Hall–Kier alpha value is -7.88. The lowest BCUT2D eigenvalue weighted by molar-refractivity contribution is 1.21. The first-order valence-corrected chi connectivity index (χ1v) is 20.6. The van der Waals surface area contributed by atoms with Gasteiger partial charge in [-0.05, 0) is 114 Å². The molecule has 0 N–H and O–H groups in total. The molecule has 0 saturated heterocycles. The monoisotopic (exact) mass is 767 g/mol. The fourth-order valence-electron chi connectivity index (χ4n) is 9.10. The molecule has 0 saturated carbocycles. The number of hydrogen-bond acceptors (Lipinski definition) is 2. The van der Waals surface area contributed by atoms with Crippen LogP contribution in [0.2, 0.25) is 0 Å². The minimum atomic E-state index is 1.09. The molecule has 1 heterocycles. The van der Waals surface area contributed by atoms with Crippen LogP contribution in [-0.4, -0.2) is 4.57 Å². The Labute approximate surface area is 350 Å². The zero-order chi connectivity index (χ0) is 40.0. The highest BCUT2D eigenvalue weighted by molar-refractivity contribution is 6.21. The number of aryl methyl sites for hydroxylation is 1. The van der Waals surface area contributed by atoms with Crippen molar-refractivity contribution in [1.29, 1.82) is 0 Å². The highest BCUT2D eigenvalue weighted by Crippen LogP contribution is 2.47. The molecule has 3 heteroatoms. The predicted octanol–water partition coefficient (Wildman–Crippen LogP) is 16.0. The van der Waals surface area contributed by atoms with Gasteiger partial charge in [0, 0.05) is 55.7 Å². The van der Waals surface area contributed by atoms with Gasteiger partial charge in [-0.25, -0.2) is 0 Å². The van der Waals surface area contributed by atoms with Gasteiger partial charge in [0.1, 0.15) is 0 Å². The average Bonchev–Trinajstić information content (AvgIpc) is 3.62. The van der Waals surface area contributed by atoms with Crippen LogP contribution in [0.3, 0.4) is 0 Å². The van der Waals surface area contributed by atoms with Gasteiger partial charge >= 0.3 is 0 Å². The fraction of sp³-hybridized carbons (Fsp3) is 0.0175. The summed E-state index contributed by atoms with van der Waals surface area (Å²) in [4.78, 5) is 4.71. The average molecular weight is 768 g/mol. The molecular weight excluding hydrogens is 727 g/mol. The fourth-order valence-corrected chi connectivity index (χ4v) is 9.10. The Morgan fingerprint density at radius 2 is 0.650 bits per heavy atom. The van der Waals surface area contributed by atoms with E-state index in [2.05, 4.69) is 252 Å². The molecule has 1 aromatic heterocycles. The number of para-hydroxylation sites is 4. The first kappa shape index (κ1) is 35.3. The highest BCUT2D eigenvalue weighted by atomic mass is 15.1. The highest BCUT2D eigenvalue weighted by Gasteiger charge is 2.23. The van der Waals surface area contributed by atoms with Crippen LogP contribution in [0.15, 0.2) is 231 Å². The molecule has 60 heavy (non-hydrogen) atoms. The summed E-state index contributed by atoms with van der Waals surface area (Å²) in [6.07, 6.45) is 0. The molecular formula is C57H41N3. The summed E-state index contributed by atoms with van der Waals surface area (Å²) in [6, 6.07) is 83.5. The minimum absolute atomic E-state index is 1.09. The first-order chi connectivity index (χ1) is 29.7. The Morgan fingerprint density at radius 1 is 0.300 bits per heavy atom. The van der Waals surface area contributed by atoms with E-state index in [0.29, 0.717) is 0 Å². The van der Waals surface area contributed by atoms with Gasteiger partial charge in [0.05, 0.1) is 16.7 Å². The van der Waals surface area contributed by atoms with E-state index in [-0.39, 0.29) is 0 Å². The van der Waals surface area contributed by atoms with Gasteiger partial charge in [-0.3, -0.25) is 0 Å². The largest absolute Gasteiger partial charge is 0.310 e. The van der Waals surface area contributed by atoms with Gasteiger partial charge in [-0.15, -0.1) is 0 Å². The molecule has 10 aromatic carbocycles. The quantitative estimate of drug-likeness (QED) is 0.143. The minimum Gasteiger partial charge on any atom is -0.310 e. The second-order valence-electron chi connectivity index (χ2n) is 15.4. The van der Waals surface area contributed by atoms with Crippen molar-refractivity contribution >= 4 is 77.5 Å². The molecule has 0 radical (unpaired) electrons. The number of fused-ring (bicyclic) bond motifs is 5. The standard InChI is InChI=1S/C57H41N3/c1-40-30-32-41(33-31-40)56-48-26-14-16-28-50(48)57(51-29-17-15-27-49(51)56)60-54-36-34-46(58(42-18-6-2-7-19-42)43-20-8-3-9-21-43)38-52(54)53-39-47(35-37-55(53)60)59(44-22-10-4-11-23-44)45-24-12-5-13-25-45/h2-39H,1H3. The molecule has 0 aliphatic carbocycles. The van der Waals surface area contributed by atoms with Gasteiger partial charge in [0.25, 0.3) is 0 Å². The predicted molar refractivity (Wildman–Crippen MR) is 255 cm³/mol. The lowest BCUT2D eigenvalue weighted by Crippen LogP contribution is -2.09. The molecule has 284 valence electrons. The van der Waals surface area contributed by atoms with Gasteiger partial charge in [-0.2, -0.15) is 0 Å². The van der Waals surface area contributed by atoms with Crippen molar-refractivity contribution in [3.05, 3.63) is 236 Å². The van der Waals surface area contributed by atoms with Crippen molar-refractivity contribution in [3.8, 4) is 16.8 Å². The third kappa shape index (κ3) is 5.99. The van der Waals surface area contributed by atoms with Crippen molar-refractivity contribution in [3.63, 3.8) is 0 Å². The van der Waals surface area contributed by atoms with Gasteiger partial charge < -0.3 is 14.4 Å². The smallest absolute Gasteiger partial charge is 0.0619 e. The van der Waals surface area contributed by atoms with Crippen LogP contribution in [0.25, 0.3) is 60.2 Å². The summed E-state index contributed by atoms with van der Waals surface area (Å²) in [5, 5.41) is 7.25. The third-order valence-electron chi connectivity index (χ3n) is 11.8. The molecule has 0 aliphatic heterocycles. The Morgan fingerprint density at radius 3 is 1.03 bits per heavy atom. The Kier molecular flexibility index (Phi) is 8.71. The van der Waals surface area contributed by atoms with E-state index in [1.54, 1.807) is 0 Å².